The van der Waals surface area contributed by atoms with E-state index in [2.05, 4.69) is 17.4 Å². The topological polar surface area (TPSA) is 75.6 Å². The normalized spacial score (nSPS) is 35.2. The van der Waals surface area contributed by atoms with Crippen molar-refractivity contribution in [1.29, 1.82) is 0 Å². The molecule has 4 saturated carbocycles. The number of methoxy groups -OCH3 is 1. The molecule has 0 heterocycles. The van der Waals surface area contributed by atoms with Crippen LogP contribution in [0.3, 0.4) is 0 Å². The van der Waals surface area contributed by atoms with E-state index in [0.717, 1.165) is 37.9 Å². The van der Waals surface area contributed by atoms with Gasteiger partial charge in [-0.3, -0.25) is 9.59 Å². The Bertz CT molecular complexity index is 757. The Morgan fingerprint density at radius 2 is 1.71 bits per heavy atom. The molecular formula is C23H31NO4. The summed E-state index contributed by atoms with van der Waals surface area (Å²) in [5.74, 6) is 0.640. The molecule has 4 atom stereocenters. The number of hydrogen-bond acceptors (Lipinski definition) is 3. The molecule has 0 aliphatic heterocycles. The standard InChI is InChI=1S/C23H31NO4/c1-14(20(25)26)15(2)24-21(27)23-11-16-8-17(12-23)10-22(9-16,13-23)18-4-6-19(28-3)7-5-18/h4-7,14-17H,8-13H2,1-3H3,(H,24,27)(H,25,26). The molecule has 4 aliphatic rings. The number of benzene rings is 1. The molecule has 0 spiro atoms. The molecule has 2 N–H and O–H groups in total. The minimum atomic E-state index is -0.868. The van der Waals surface area contributed by atoms with E-state index in [-0.39, 0.29) is 22.8 Å². The third-order valence-electron chi connectivity index (χ3n) is 7.74. The first-order chi connectivity index (χ1) is 13.3. The molecule has 4 bridgehead atoms. The molecule has 5 nitrogen and oxygen atoms in total. The minimum Gasteiger partial charge on any atom is -0.497 e. The highest BCUT2D eigenvalue weighted by Crippen LogP contribution is 2.65. The number of hydrogen-bond donors (Lipinski definition) is 2. The summed E-state index contributed by atoms with van der Waals surface area (Å²) in [7, 11) is 1.68. The van der Waals surface area contributed by atoms with Crippen molar-refractivity contribution in [2.24, 2.45) is 23.2 Å². The molecule has 4 aliphatic carbocycles. The van der Waals surface area contributed by atoms with Gasteiger partial charge in [0, 0.05) is 6.04 Å². The first-order valence-corrected chi connectivity index (χ1v) is 10.5. The maximum Gasteiger partial charge on any atom is 0.308 e. The van der Waals surface area contributed by atoms with Gasteiger partial charge < -0.3 is 15.2 Å². The number of carbonyl (C=O) groups excluding carboxylic acids is 1. The summed E-state index contributed by atoms with van der Waals surface area (Å²) in [5.41, 5.74) is 1.04. The van der Waals surface area contributed by atoms with Crippen molar-refractivity contribution in [2.45, 2.75) is 63.8 Å². The maximum atomic E-state index is 13.4. The first kappa shape index (κ1) is 19.3. The lowest BCUT2D eigenvalue weighted by atomic mass is 9.42. The lowest BCUT2D eigenvalue weighted by Crippen LogP contribution is -2.60. The van der Waals surface area contributed by atoms with Crippen LogP contribution in [0.4, 0.5) is 0 Å². The van der Waals surface area contributed by atoms with Crippen molar-refractivity contribution in [3.63, 3.8) is 0 Å². The Hall–Kier alpha value is -2.04. The molecular weight excluding hydrogens is 354 g/mol. The summed E-state index contributed by atoms with van der Waals surface area (Å²) < 4.78 is 5.32. The Morgan fingerprint density at radius 1 is 1.11 bits per heavy atom. The van der Waals surface area contributed by atoms with Gasteiger partial charge in [0.05, 0.1) is 18.4 Å². The van der Waals surface area contributed by atoms with Crippen LogP contribution in [0.5, 0.6) is 5.75 Å². The fourth-order valence-electron chi connectivity index (χ4n) is 6.51. The van der Waals surface area contributed by atoms with E-state index in [0.29, 0.717) is 11.8 Å². The fraction of sp³-hybridized carbons (Fsp3) is 0.652. The van der Waals surface area contributed by atoms with Crippen molar-refractivity contribution < 1.29 is 19.4 Å². The third kappa shape index (κ3) is 3.09. The van der Waals surface area contributed by atoms with Gasteiger partial charge >= 0.3 is 5.97 Å². The molecule has 4 fully saturated rings. The molecule has 1 aromatic rings. The van der Waals surface area contributed by atoms with Gasteiger partial charge in [0.15, 0.2) is 0 Å². The third-order valence-corrected chi connectivity index (χ3v) is 7.74. The zero-order valence-corrected chi connectivity index (χ0v) is 17.0. The molecule has 0 aromatic heterocycles. The molecule has 0 saturated heterocycles. The van der Waals surface area contributed by atoms with E-state index < -0.39 is 11.9 Å². The maximum absolute atomic E-state index is 13.4. The highest BCUT2D eigenvalue weighted by molar-refractivity contribution is 5.84. The Morgan fingerprint density at radius 3 is 2.25 bits per heavy atom. The number of ether oxygens (including phenoxy) is 1. The first-order valence-electron chi connectivity index (χ1n) is 10.5. The van der Waals surface area contributed by atoms with Crippen molar-refractivity contribution in [3.05, 3.63) is 29.8 Å². The molecule has 152 valence electrons. The van der Waals surface area contributed by atoms with E-state index >= 15 is 0 Å². The van der Waals surface area contributed by atoms with Crippen LogP contribution in [0.15, 0.2) is 24.3 Å². The fourth-order valence-corrected chi connectivity index (χ4v) is 6.51. The second kappa shape index (κ2) is 6.78. The lowest BCUT2D eigenvalue weighted by molar-refractivity contribution is -0.151. The monoisotopic (exact) mass is 385 g/mol. The van der Waals surface area contributed by atoms with Gasteiger partial charge in [0.1, 0.15) is 5.75 Å². The number of carbonyl (C=O) groups is 2. The Balaban J connectivity index is 1.60. The summed E-state index contributed by atoms with van der Waals surface area (Å²) in [4.78, 5) is 24.7. The predicted molar refractivity (Wildman–Crippen MR) is 106 cm³/mol. The summed E-state index contributed by atoms with van der Waals surface area (Å²) in [5, 5.41) is 12.3. The quantitative estimate of drug-likeness (QED) is 0.782. The number of nitrogens with one attached hydrogen (secondary N) is 1. The highest BCUT2D eigenvalue weighted by Gasteiger charge is 2.61. The second-order valence-electron chi connectivity index (χ2n) is 9.64. The highest BCUT2D eigenvalue weighted by atomic mass is 16.5. The van der Waals surface area contributed by atoms with Gasteiger partial charge in [-0.25, -0.2) is 0 Å². The molecule has 5 rings (SSSR count). The average Bonchev–Trinajstić information content (AvgIpc) is 2.66. The van der Waals surface area contributed by atoms with Gasteiger partial charge in [-0.15, -0.1) is 0 Å². The van der Waals surface area contributed by atoms with E-state index in [1.807, 2.05) is 12.1 Å². The number of amides is 1. The molecule has 28 heavy (non-hydrogen) atoms. The zero-order chi connectivity index (χ0) is 20.1. The van der Waals surface area contributed by atoms with E-state index in [1.165, 1.54) is 12.0 Å². The van der Waals surface area contributed by atoms with Crippen LogP contribution in [-0.2, 0) is 15.0 Å². The van der Waals surface area contributed by atoms with Crippen LogP contribution in [0, 0.1) is 23.2 Å². The summed E-state index contributed by atoms with van der Waals surface area (Å²) in [6.45, 7) is 3.46. The second-order valence-corrected chi connectivity index (χ2v) is 9.64. The van der Waals surface area contributed by atoms with Crippen LogP contribution >= 0.6 is 0 Å². The summed E-state index contributed by atoms with van der Waals surface area (Å²) in [6, 6.07) is 8.03. The molecule has 1 aromatic carbocycles. The molecule has 0 radical (unpaired) electrons. The summed E-state index contributed by atoms with van der Waals surface area (Å²) >= 11 is 0. The van der Waals surface area contributed by atoms with Crippen molar-refractivity contribution in [2.75, 3.05) is 7.11 Å². The van der Waals surface area contributed by atoms with Crippen LogP contribution < -0.4 is 10.1 Å². The van der Waals surface area contributed by atoms with Crippen LogP contribution in [0.25, 0.3) is 0 Å². The van der Waals surface area contributed by atoms with Crippen LogP contribution in [0.2, 0.25) is 0 Å². The summed E-state index contributed by atoms with van der Waals surface area (Å²) in [6.07, 6.45) is 6.31. The number of aliphatic carboxylic acids is 1. The van der Waals surface area contributed by atoms with Crippen LogP contribution in [-0.4, -0.2) is 30.1 Å². The molecule has 4 unspecified atom stereocenters. The van der Waals surface area contributed by atoms with Gasteiger partial charge in [-0.05, 0) is 87.3 Å². The smallest absolute Gasteiger partial charge is 0.308 e. The van der Waals surface area contributed by atoms with E-state index in [1.54, 1.807) is 21.0 Å². The van der Waals surface area contributed by atoms with Crippen molar-refractivity contribution >= 4 is 11.9 Å². The minimum absolute atomic E-state index is 0.0648. The van der Waals surface area contributed by atoms with Crippen molar-refractivity contribution in [1.82, 2.24) is 5.32 Å². The lowest BCUT2D eigenvalue weighted by Gasteiger charge is -2.61. The zero-order valence-electron chi connectivity index (χ0n) is 17.0. The SMILES string of the molecule is COc1ccc(C23CC4CC(CC(C(=O)NC(C)C(C)C(=O)O)(C4)C2)C3)cc1. The number of carboxylic acid groups (broad SMARTS) is 1. The van der Waals surface area contributed by atoms with Gasteiger partial charge in [0.2, 0.25) is 5.91 Å². The van der Waals surface area contributed by atoms with Crippen molar-refractivity contribution in [3.8, 4) is 5.75 Å². The van der Waals surface area contributed by atoms with Gasteiger partial charge in [-0.2, -0.15) is 0 Å². The molecule has 1 amide bonds. The van der Waals surface area contributed by atoms with Crippen LogP contribution in [0.1, 0.15) is 57.9 Å². The number of carboxylic acids is 1. The van der Waals surface area contributed by atoms with E-state index in [9.17, 15) is 14.7 Å². The van der Waals surface area contributed by atoms with Gasteiger partial charge in [-0.1, -0.05) is 12.1 Å². The molecule has 5 heteroatoms. The van der Waals surface area contributed by atoms with E-state index in [4.69, 9.17) is 4.74 Å². The predicted octanol–water partition coefficient (Wildman–Crippen LogP) is 3.76. The Labute approximate surface area is 166 Å². The largest absolute Gasteiger partial charge is 0.497 e. The van der Waals surface area contributed by atoms with Gasteiger partial charge in [0.25, 0.3) is 0 Å². The number of rotatable bonds is 6. The Kier molecular flexibility index (Phi) is 4.67. The average molecular weight is 386 g/mol.